The Morgan fingerprint density at radius 1 is 1.27 bits per heavy atom. The van der Waals surface area contributed by atoms with E-state index in [9.17, 15) is 14.4 Å². The normalized spacial score (nSPS) is 20.8. The van der Waals surface area contributed by atoms with Crippen molar-refractivity contribution in [2.45, 2.75) is 19.4 Å². The van der Waals surface area contributed by atoms with Crippen LogP contribution in [0.15, 0.2) is 51.5 Å². The number of aryl methyl sites for hydroxylation is 1. The number of benzene rings is 1. The van der Waals surface area contributed by atoms with Crippen molar-refractivity contribution < 1.29 is 9.53 Å². The number of nitrogens with zero attached hydrogens (tertiary/aromatic N) is 2. The van der Waals surface area contributed by atoms with Crippen molar-refractivity contribution in [1.82, 2.24) is 9.55 Å². The molecule has 1 aromatic carbocycles. The second-order valence-electron chi connectivity index (χ2n) is 6.47. The lowest BCUT2D eigenvalue weighted by Gasteiger charge is -2.27. The first kappa shape index (κ1) is 16.3. The Bertz CT molecular complexity index is 1060. The van der Waals surface area contributed by atoms with Crippen LogP contribution in [-0.4, -0.2) is 27.8 Å². The van der Waals surface area contributed by atoms with Crippen LogP contribution in [0.5, 0.6) is 0 Å². The van der Waals surface area contributed by atoms with Gasteiger partial charge in [0.25, 0.3) is 5.56 Å². The number of fused-ring (bicyclic) bond motifs is 2. The summed E-state index contributed by atoms with van der Waals surface area (Å²) in [5, 5.41) is 0. The molecule has 2 aliphatic rings. The van der Waals surface area contributed by atoms with Crippen LogP contribution in [-0.2, 0) is 16.1 Å². The number of allylic oxidation sites excluding steroid dienone is 1. The SMILES string of the molecule is C=CCn1c2c(c(=O)[nH]c1=O)C(c1ccc(C)cc1)C1C(=O)OCC1=N2. The Hall–Kier alpha value is -3.22. The average Bonchev–Trinajstić information content (AvgIpc) is 2.98. The summed E-state index contributed by atoms with van der Waals surface area (Å²) < 4.78 is 6.55. The number of nitrogens with one attached hydrogen (secondary N) is 1. The summed E-state index contributed by atoms with van der Waals surface area (Å²) in [4.78, 5) is 44.1. The van der Waals surface area contributed by atoms with Crippen LogP contribution < -0.4 is 11.2 Å². The molecular formula is C19H17N3O4. The second kappa shape index (κ2) is 5.94. The van der Waals surface area contributed by atoms with Gasteiger partial charge in [-0.05, 0) is 12.5 Å². The Morgan fingerprint density at radius 3 is 2.69 bits per heavy atom. The lowest BCUT2D eigenvalue weighted by molar-refractivity contribution is -0.141. The van der Waals surface area contributed by atoms with E-state index in [0.717, 1.165) is 11.1 Å². The Labute approximate surface area is 148 Å². The number of rotatable bonds is 3. The van der Waals surface area contributed by atoms with Crippen molar-refractivity contribution in [2.75, 3.05) is 6.61 Å². The highest BCUT2D eigenvalue weighted by molar-refractivity contribution is 6.10. The van der Waals surface area contributed by atoms with E-state index in [0.29, 0.717) is 11.3 Å². The molecule has 0 aliphatic carbocycles. The average molecular weight is 351 g/mol. The van der Waals surface area contributed by atoms with E-state index in [2.05, 4.69) is 16.6 Å². The van der Waals surface area contributed by atoms with Crippen LogP contribution >= 0.6 is 0 Å². The Morgan fingerprint density at radius 2 is 2.00 bits per heavy atom. The van der Waals surface area contributed by atoms with Gasteiger partial charge in [-0.3, -0.25) is 19.1 Å². The molecule has 2 aliphatic heterocycles. The van der Waals surface area contributed by atoms with Gasteiger partial charge in [-0.2, -0.15) is 0 Å². The monoisotopic (exact) mass is 351 g/mol. The third-order valence-corrected chi connectivity index (χ3v) is 4.82. The molecule has 132 valence electrons. The fraction of sp³-hybridized carbons (Fsp3) is 0.263. The zero-order valence-electron chi connectivity index (χ0n) is 14.2. The number of aromatic amines is 1. The van der Waals surface area contributed by atoms with E-state index in [1.54, 1.807) is 6.08 Å². The molecule has 1 N–H and O–H groups in total. The van der Waals surface area contributed by atoms with Gasteiger partial charge in [0.2, 0.25) is 0 Å². The zero-order valence-corrected chi connectivity index (χ0v) is 14.2. The highest BCUT2D eigenvalue weighted by Crippen LogP contribution is 2.42. The van der Waals surface area contributed by atoms with E-state index in [4.69, 9.17) is 4.74 Å². The second-order valence-corrected chi connectivity index (χ2v) is 6.47. The molecule has 7 nitrogen and oxygen atoms in total. The minimum Gasteiger partial charge on any atom is -0.459 e. The van der Waals surface area contributed by atoms with Crippen LogP contribution in [0.1, 0.15) is 22.6 Å². The number of aliphatic imine (C=N–C) groups is 1. The molecule has 1 saturated heterocycles. The summed E-state index contributed by atoms with van der Waals surface area (Å²) in [5.74, 6) is -1.33. The molecule has 26 heavy (non-hydrogen) atoms. The van der Waals surface area contributed by atoms with Crippen molar-refractivity contribution in [3.63, 3.8) is 0 Å². The molecule has 0 saturated carbocycles. The zero-order chi connectivity index (χ0) is 18.4. The number of esters is 1. The van der Waals surface area contributed by atoms with Crippen LogP contribution in [0.2, 0.25) is 0 Å². The maximum atomic E-state index is 12.7. The van der Waals surface area contributed by atoms with Crippen molar-refractivity contribution in [1.29, 1.82) is 0 Å². The van der Waals surface area contributed by atoms with Crippen molar-refractivity contribution >= 4 is 17.5 Å². The maximum absolute atomic E-state index is 12.7. The third kappa shape index (κ3) is 2.35. The van der Waals surface area contributed by atoms with Crippen LogP contribution in [0.25, 0.3) is 0 Å². The van der Waals surface area contributed by atoms with Crippen molar-refractivity contribution in [3.8, 4) is 0 Å². The summed E-state index contributed by atoms with van der Waals surface area (Å²) in [7, 11) is 0. The van der Waals surface area contributed by atoms with Crippen LogP contribution in [0.3, 0.4) is 0 Å². The van der Waals surface area contributed by atoms with Gasteiger partial charge in [-0.1, -0.05) is 35.9 Å². The molecular weight excluding hydrogens is 334 g/mol. The first-order valence-electron chi connectivity index (χ1n) is 8.30. The Balaban J connectivity index is 2.04. The van der Waals surface area contributed by atoms with Gasteiger partial charge in [-0.25, -0.2) is 9.79 Å². The van der Waals surface area contributed by atoms with E-state index < -0.39 is 29.1 Å². The van der Waals surface area contributed by atoms with Gasteiger partial charge in [0, 0.05) is 12.5 Å². The van der Waals surface area contributed by atoms with E-state index in [1.165, 1.54) is 4.57 Å². The summed E-state index contributed by atoms with van der Waals surface area (Å²) >= 11 is 0. The van der Waals surface area contributed by atoms with Gasteiger partial charge >= 0.3 is 11.7 Å². The van der Waals surface area contributed by atoms with Crippen LogP contribution in [0.4, 0.5) is 5.82 Å². The molecule has 2 aromatic rings. The molecule has 1 aromatic heterocycles. The molecule has 4 rings (SSSR count). The van der Waals surface area contributed by atoms with Gasteiger partial charge in [0.15, 0.2) is 0 Å². The minimum atomic E-state index is -0.652. The highest BCUT2D eigenvalue weighted by Gasteiger charge is 2.46. The molecule has 2 atom stereocenters. The number of hydrogen-bond acceptors (Lipinski definition) is 5. The minimum absolute atomic E-state index is 0.0698. The quantitative estimate of drug-likeness (QED) is 0.668. The number of carbonyl (C=O) groups is 1. The molecule has 0 spiro atoms. The lowest BCUT2D eigenvalue weighted by Crippen LogP contribution is -2.39. The predicted octanol–water partition coefficient (Wildman–Crippen LogP) is 1.42. The molecule has 0 radical (unpaired) electrons. The Kier molecular flexibility index (Phi) is 3.72. The largest absolute Gasteiger partial charge is 0.459 e. The van der Waals surface area contributed by atoms with Crippen molar-refractivity contribution in [3.05, 3.63) is 74.4 Å². The summed E-state index contributed by atoms with van der Waals surface area (Å²) in [6, 6.07) is 7.63. The topological polar surface area (TPSA) is 93.5 Å². The van der Waals surface area contributed by atoms with Crippen molar-refractivity contribution in [2.24, 2.45) is 10.9 Å². The number of carbonyl (C=O) groups excluding carboxylic acids is 1. The van der Waals surface area contributed by atoms with E-state index in [-0.39, 0.29) is 19.0 Å². The number of H-pyrrole nitrogens is 1. The van der Waals surface area contributed by atoms with Crippen LogP contribution in [0, 0.1) is 12.8 Å². The number of aromatic nitrogens is 2. The summed E-state index contributed by atoms with van der Waals surface area (Å²) in [6.07, 6.45) is 1.56. The fourth-order valence-corrected chi connectivity index (χ4v) is 3.60. The van der Waals surface area contributed by atoms with Gasteiger partial charge in [0.05, 0.1) is 11.3 Å². The molecule has 7 heteroatoms. The predicted molar refractivity (Wildman–Crippen MR) is 96.1 cm³/mol. The number of hydrogen-bond donors (Lipinski definition) is 1. The molecule has 0 bridgehead atoms. The fourth-order valence-electron chi connectivity index (χ4n) is 3.60. The van der Waals surface area contributed by atoms with E-state index >= 15 is 0 Å². The molecule has 3 heterocycles. The maximum Gasteiger partial charge on any atom is 0.330 e. The number of cyclic esters (lactones) is 1. The number of ether oxygens (including phenoxy) is 1. The van der Waals surface area contributed by atoms with Gasteiger partial charge in [-0.15, -0.1) is 6.58 Å². The summed E-state index contributed by atoms with van der Waals surface area (Å²) in [5.41, 5.74) is 1.64. The summed E-state index contributed by atoms with van der Waals surface area (Å²) in [6.45, 7) is 5.89. The third-order valence-electron chi connectivity index (χ3n) is 4.82. The molecule has 1 fully saturated rings. The molecule has 2 unspecified atom stereocenters. The lowest BCUT2D eigenvalue weighted by atomic mass is 9.77. The first-order chi connectivity index (χ1) is 12.5. The van der Waals surface area contributed by atoms with E-state index in [1.807, 2.05) is 31.2 Å². The first-order valence-corrected chi connectivity index (χ1v) is 8.30. The standard InChI is InChI=1S/C19H17N3O4/c1-3-8-22-16-15(17(23)21-19(22)25)13(11-6-4-10(2)5-7-11)14-12(20-16)9-26-18(14)24/h3-7,13-14H,1,8-9H2,2H3,(H,21,23,25). The smallest absolute Gasteiger partial charge is 0.330 e. The highest BCUT2D eigenvalue weighted by atomic mass is 16.5. The van der Waals surface area contributed by atoms with Gasteiger partial charge in [0.1, 0.15) is 18.3 Å². The molecule has 0 amide bonds. The van der Waals surface area contributed by atoms with Gasteiger partial charge < -0.3 is 4.74 Å².